The van der Waals surface area contributed by atoms with Gasteiger partial charge in [0.2, 0.25) is 11.9 Å². The van der Waals surface area contributed by atoms with Crippen molar-refractivity contribution in [2.75, 3.05) is 38.0 Å². The molecule has 0 atom stereocenters. The molecule has 1 fully saturated rings. The molecule has 0 bridgehead atoms. The summed E-state index contributed by atoms with van der Waals surface area (Å²) in [6, 6.07) is 9.01. The number of anilines is 1. The molecular weight excluding hydrogens is 484 g/mol. The van der Waals surface area contributed by atoms with E-state index >= 15 is 0 Å². The molecule has 1 aliphatic rings. The molecule has 0 saturated carbocycles. The first-order chi connectivity index (χ1) is 17.5. The molecule has 36 heavy (non-hydrogen) atoms. The molecule has 1 aromatic carbocycles. The van der Waals surface area contributed by atoms with Gasteiger partial charge in [-0.3, -0.25) is 0 Å². The summed E-state index contributed by atoms with van der Waals surface area (Å²) in [5, 5.41) is 10.0. The number of hydrogen-bond donors (Lipinski definition) is 3. The van der Waals surface area contributed by atoms with Crippen LogP contribution in [0.4, 0.5) is 19.5 Å². The standard InChI is InChI=1S/C25H25F2N7OS/c1-2-28-12-16-13-31-21(27)11-18(16)17-5-3-4-15-10-20(36-23(15)17)22-19(26)14-32-24(33-22)29-6-8-34-9-7-30-25(34)35/h3-5,10-11,13-14,28H,2,6-9,12H2,1H3,(H,30,35)(H,29,32,33). The average molecular weight is 510 g/mol. The Bertz CT molecular complexity index is 1410. The van der Waals surface area contributed by atoms with Gasteiger partial charge in [0.15, 0.2) is 5.82 Å². The molecule has 8 nitrogen and oxygen atoms in total. The van der Waals surface area contributed by atoms with E-state index in [9.17, 15) is 13.6 Å². The van der Waals surface area contributed by atoms with Crippen molar-refractivity contribution < 1.29 is 13.6 Å². The van der Waals surface area contributed by atoms with Gasteiger partial charge in [-0.2, -0.15) is 4.39 Å². The lowest BCUT2D eigenvalue weighted by molar-refractivity contribution is 0.219. The van der Waals surface area contributed by atoms with Crippen LogP contribution in [0.3, 0.4) is 0 Å². The Hall–Kier alpha value is -3.70. The van der Waals surface area contributed by atoms with Gasteiger partial charge in [0, 0.05) is 55.3 Å². The van der Waals surface area contributed by atoms with E-state index in [1.54, 1.807) is 11.1 Å². The van der Waals surface area contributed by atoms with E-state index in [1.165, 1.54) is 17.4 Å². The molecule has 186 valence electrons. The van der Waals surface area contributed by atoms with Crippen LogP contribution >= 0.6 is 11.3 Å². The molecule has 1 saturated heterocycles. The number of carbonyl (C=O) groups excluding carboxylic acids is 1. The molecule has 1 aliphatic heterocycles. The Morgan fingerprint density at radius 2 is 2.06 bits per heavy atom. The fraction of sp³-hybridized carbons (Fsp3) is 0.280. The van der Waals surface area contributed by atoms with Crippen LogP contribution in [-0.2, 0) is 6.54 Å². The summed E-state index contributed by atoms with van der Waals surface area (Å²) in [7, 11) is 0. The first-order valence-corrected chi connectivity index (χ1v) is 12.5. The first kappa shape index (κ1) is 24.0. The van der Waals surface area contributed by atoms with Gasteiger partial charge in [-0.15, -0.1) is 11.3 Å². The summed E-state index contributed by atoms with van der Waals surface area (Å²) in [6.45, 7) is 5.56. The van der Waals surface area contributed by atoms with Crippen molar-refractivity contribution >= 4 is 33.4 Å². The zero-order valence-corrected chi connectivity index (χ0v) is 20.5. The minimum Gasteiger partial charge on any atom is -0.352 e. The summed E-state index contributed by atoms with van der Waals surface area (Å²) in [6.07, 6.45) is 2.69. The number of halogens is 2. The van der Waals surface area contributed by atoms with Gasteiger partial charge in [0.25, 0.3) is 0 Å². The summed E-state index contributed by atoms with van der Waals surface area (Å²) in [5.41, 5.74) is 2.67. The number of nitrogens with zero attached hydrogens (tertiary/aromatic N) is 4. The number of thiophene rings is 1. The minimum atomic E-state index is -0.553. The number of fused-ring (bicyclic) bond motifs is 1. The molecule has 4 heterocycles. The van der Waals surface area contributed by atoms with Gasteiger partial charge in [-0.25, -0.2) is 24.1 Å². The van der Waals surface area contributed by atoms with Crippen molar-refractivity contribution in [3.05, 3.63) is 60.1 Å². The van der Waals surface area contributed by atoms with Crippen LogP contribution in [0.2, 0.25) is 0 Å². The highest BCUT2D eigenvalue weighted by atomic mass is 32.1. The van der Waals surface area contributed by atoms with Gasteiger partial charge in [-0.05, 0) is 29.1 Å². The van der Waals surface area contributed by atoms with Crippen LogP contribution in [0.25, 0.3) is 31.8 Å². The van der Waals surface area contributed by atoms with Gasteiger partial charge in [0.05, 0.1) is 11.1 Å². The lowest BCUT2D eigenvalue weighted by Crippen LogP contribution is -2.32. The molecule has 4 aromatic rings. The van der Waals surface area contributed by atoms with Crippen molar-refractivity contribution in [2.45, 2.75) is 13.5 Å². The lowest BCUT2D eigenvalue weighted by Gasteiger charge is -2.14. The van der Waals surface area contributed by atoms with Crippen LogP contribution in [0.1, 0.15) is 12.5 Å². The Kier molecular flexibility index (Phi) is 7.01. The first-order valence-electron chi connectivity index (χ1n) is 11.7. The van der Waals surface area contributed by atoms with Crippen molar-refractivity contribution in [2.24, 2.45) is 0 Å². The summed E-state index contributed by atoms with van der Waals surface area (Å²) in [5.74, 6) is -0.800. The molecule has 11 heteroatoms. The molecule has 5 rings (SSSR count). The molecular formula is C25H25F2N7OS. The maximum Gasteiger partial charge on any atom is 0.317 e. The number of amides is 2. The van der Waals surface area contributed by atoms with Crippen LogP contribution in [0.5, 0.6) is 0 Å². The molecule has 2 amide bonds. The van der Waals surface area contributed by atoms with Crippen LogP contribution < -0.4 is 16.0 Å². The van der Waals surface area contributed by atoms with E-state index in [1.807, 2.05) is 31.2 Å². The lowest BCUT2D eigenvalue weighted by atomic mass is 10.0. The summed E-state index contributed by atoms with van der Waals surface area (Å²) in [4.78, 5) is 26.3. The number of aromatic nitrogens is 3. The van der Waals surface area contributed by atoms with Crippen molar-refractivity contribution in [1.82, 2.24) is 30.5 Å². The second kappa shape index (κ2) is 10.5. The molecule has 3 N–H and O–H groups in total. The van der Waals surface area contributed by atoms with Crippen molar-refractivity contribution in [3.8, 4) is 21.7 Å². The van der Waals surface area contributed by atoms with Crippen LogP contribution in [0.15, 0.2) is 42.7 Å². The van der Waals surface area contributed by atoms with E-state index in [-0.39, 0.29) is 17.7 Å². The minimum absolute atomic E-state index is 0.0960. The zero-order chi connectivity index (χ0) is 25.1. The normalized spacial score (nSPS) is 13.4. The summed E-state index contributed by atoms with van der Waals surface area (Å²) >= 11 is 1.40. The largest absolute Gasteiger partial charge is 0.352 e. The third-order valence-corrected chi connectivity index (χ3v) is 7.13. The zero-order valence-electron chi connectivity index (χ0n) is 19.6. The molecule has 3 aromatic heterocycles. The Morgan fingerprint density at radius 1 is 1.17 bits per heavy atom. The predicted molar refractivity (Wildman–Crippen MR) is 137 cm³/mol. The maximum atomic E-state index is 14.8. The maximum absolute atomic E-state index is 14.8. The van der Waals surface area contributed by atoms with Gasteiger partial charge in [-0.1, -0.05) is 25.1 Å². The Labute approximate surface area is 210 Å². The number of rotatable bonds is 9. The van der Waals surface area contributed by atoms with Crippen LogP contribution in [0, 0.1) is 11.8 Å². The van der Waals surface area contributed by atoms with E-state index in [0.29, 0.717) is 37.6 Å². The number of nitrogens with one attached hydrogen (secondary N) is 3. The molecule has 0 spiro atoms. The van der Waals surface area contributed by atoms with Crippen molar-refractivity contribution in [3.63, 3.8) is 0 Å². The van der Waals surface area contributed by atoms with Gasteiger partial charge < -0.3 is 20.9 Å². The average Bonchev–Trinajstić information content (AvgIpc) is 3.50. The third kappa shape index (κ3) is 4.98. The number of carbonyl (C=O) groups is 1. The highest BCUT2D eigenvalue weighted by Gasteiger charge is 2.19. The third-order valence-electron chi connectivity index (χ3n) is 5.94. The highest BCUT2D eigenvalue weighted by Crippen LogP contribution is 2.40. The smallest absolute Gasteiger partial charge is 0.317 e. The second-order valence-electron chi connectivity index (χ2n) is 8.31. The molecule has 0 unspecified atom stereocenters. The number of urea groups is 1. The predicted octanol–water partition coefficient (Wildman–Crippen LogP) is 4.25. The fourth-order valence-electron chi connectivity index (χ4n) is 4.15. The van der Waals surface area contributed by atoms with E-state index in [2.05, 4.69) is 30.9 Å². The van der Waals surface area contributed by atoms with Crippen LogP contribution in [-0.4, -0.2) is 58.6 Å². The fourth-order valence-corrected chi connectivity index (χ4v) is 5.33. The van der Waals surface area contributed by atoms with Crippen molar-refractivity contribution in [1.29, 1.82) is 0 Å². The topological polar surface area (TPSA) is 95.1 Å². The van der Waals surface area contributed by atoms with E-state index in [4.69, 9.17) is 0 Å². The van der Waals surface area contributed by atoms with Gasteiger partial charge >= 0.3 is 6.03 Å². The Balaban J connectivity index is 1.45. The SMILES string of the molecule is CCNCc1cnc(F)cc1-c1cccc2cc(-c3nc(NCCN4CCNC4=O)ncc3F)sc12. The number of benzene rings is 1. The quantitative estimate of drug-likeness (QED) is 0.292. The van der Waals surface area contributed by atoms with E-state index in [0.717, 1.165) is 39.5 Å². The Morgan fingerprint density at radius 3 is 2.86 bits per heavy atom. The molecule has 0 aliphatic carbocycles. The number of hydrogen-bond acceptors (Lipinski definition) is 7. The van der Waals surface area contributed by atoms with Gasteiger partial charge in [0.1, 0.15) is 5.69 Å². The number of pyridine rings is 1. The monoisotopic (exact) mass is 509 g/mol. The summed E-state index contributed by atoms with van der Waals surface area (Å²) < 4.78 is 29.8. The van der Waals surface area contributed by atoms with E-state index < -0.39 is 11.8 Å². The highest BCUT2D eigenvalue weighted by molar-refractivity contribution is 7.22. The molecule has 0 radical (unpaired) electrons. The second-order valence-corrected chi connectivity index (χ2v) is 9.37.